The number of aryl methyl sites for hydroxylation is 1. The van der Waals surface area contributed by atoms with Crippen LogP contribution in [-0.4, -0.2) is 45.9 Å². The van der Waals surface area contributed by atoms with Gasteiger partial charge in [0, 0.05) is 48.2 Å². The van der Waals surface area contributed by atoms with E-state index in [2.05, 4.69) is 40.4 Å². The predicted molar refractivity (Wildman–Crippen MR) is 124 cm³/mol. The Morgan fingerprint density at radius 2 is 1.97 bits per heavy atom. The molecular weight excluding hydrogens is 388 g/mol. The number of fused-ring (bicyclic) bond motifs is 3. The first-order valence-corrected chi connectivity index (χ1v) is 10.6. The summed E-state index contributed by atoms with van der Waals surface area (Å²) in [6.07, 6.45) is 3.71. The topological polar surface area (TPSA) is 63.4 Å². The normalized spacial score (nSPS) is 15.5. The quantitative estimate of drug-likeness (QED) is 0.495. The molecule has 0 saturated carbocycles. The summed E-state index contributed by atoms with van der Waals surface area (Å²) in [4.78, 5) is 12.3. The van der Waals surface area contributed by atoms with Gasteiger partial charge in [0.25, 0.3) is 0 Å². The van der Waals surface area contributed by atoms with Gasteiger partial charge in [0.1, 0.15) is 5.82 Å². The number of aromatic nitrogens is 3. The molecule has 1 saturated heterocycles. The van der Waals surface area contributed by atoms with Gasteiger partial charge in [-0.15, -0.1) is 6.58 Å². The fourth-order valence-electron chi connectivity index (χ4n) is 4.25. The maximum Gasteiger partial charge on any atom is 0.162 e. The van der Waals surface area contributed by atoms with Crippen molar-refractivity contribution in [2.75, 3.05) is 31.2 Å². The van der Waals surface area contributed by atoms with Gasteiger partial charge in [0.15, 0.2) is 5.82 Å². The van der Waals surface area contributed by atoms with Crippen LogP contribution in [0.4, 0.5) is 5.82 Å². The Morgan fingerprint density at radius 3 is 2.77 bits per heavy atom. The van der Waals surface area contributed by atoms with E-state index in [0.29, 0.717) is 25.5 Å². The van der Waals surface area contributed by atoms with Gasteiger partial charge >= 0.3 is 0 Å². The Kier molecular flexibility index (Phi) is 5.18. The van der Waals surface area contributed by atoms with Crippen molar-refractivity contribution in [3.63, 3.8) is 0 Å². The Labute approximate surface area is 181 Å². The van der Waals surface area contributed by atoms with Crippen LogP contribution in [0.5, 0.6) is 0 Å². The average Bonchev–Trinajstić information content (AvgIpc) is 3.20. The zero-order valence-electron chi connectivity index (χ0n) is 17.7. The first-order valence-electron chi connectivity index (χ1n) is 10.6. The Hall–Kier alpha value is -3.22. The number of nitrogens with zero attached hydrogens (tertiary/aromatic N) is 4. The summed E-state index contributed by atoms with van der Waals surface area (Å²) >= 11 is 0. The van der Waals surface area contributed by atoms with E-state index in [0.717, 1.165) is 51.8 Å². The molecule has 1 atom stereocenters. The maximum atomic E-state index is 10.4. The lowest BCUT2D eigenvalue weighted by atomic mass is 10.0. The van der Waals surface area contributed by atoms with Crippen molar-refractivity contribution in [3.8, 4) is 11.4 Å². The molecule has 2 aromatic carbocycles. The summed E-state index contributed by atoms with van der Waals surface area (Å²) < 4.78 is 7.67. The van der Waals surface area contributed by atoms with Crippen molar-refractivity contribution in [1.29, 1.82) is 0 Å². The van der Waals surface area contributed by atoms with Crippen LogP contribution < -0.4 is 4.90 Å². The van der Waals surface area contributed by atoms with E-state index in [1.54, 1.807) is 6.08 Å². The molecule has 158 valence electrons. The SMILES string of the molecule is C=CCC(O)c1cccc(-c2nc(N3CCOCC3)c3ccc4c(ccn4C)c3n2)c1. The van der Waals surface area contributed by atoms with Crippen LogP contribution in [0.2, 0.25) is 0 Å². The summed E-state index contributed by atoms with van der Waals surface area (Å²) in [5, 5.41) is 12.6. The number of anilines is 1. The minimum Gasteiger partial charge on any atom is -0.388 e. The fraction of sp³-hybridized carbons (Fsp3) is 0.280. The molecule has 0 aliphatic carbocycles. The number of ether oxygens (including phenoxy) is 1. The van der Waals surface area contributed by atoms with Crippen LogP contribution >= 0.6 is 0 Å². The van der Waals surface area contributed by atoms with Crippen LogP contribution in [0.1, 0.15) is 18.1 Å². The lowest BCUT2D eigenvalue weighted by Gasteiger charge is -2.29. The smallest absolute Gasteiger partial charge is 0.162 e. The molecule has 0 bridgehead atoms. The van der Waals surface area contributed by atoms with Crippen molar-refractivity contribution in [2.45, 2.75) is 12.5 Å². The first kappa shape index (κ1) is 19.7. The Morgan fingerprint density at radius 1 is 1.13 bits per heavy atom. The highest BCUT2D eigenvalue weighted by atomic mass is 16.5. The molecule has 0 radical (unpaired) electrons. The minimum absolute atomic E-state index is 0.506. The molecule has 4 aromatic rings. The van der Waals surface area contributed by atoms with E-state index in [9.17, 15) is 5.11 Å². The van der Waals surface area contributed by atoms with Crippen molar-refractivity contribution in [2.24, 2.45) is 7.05 Å². The van der Waals surface area contributed by atoms with Crippen LogP contribution in [0, 0.1) is 0 Å². The summed E-state index contributed by atoms with van der Waals surface area (Å²) in [5.41, 5.74) is 3.82. The maximum absolute atomic E-state index is 10.4. The summed E-state index contributed by atoms with van der Waals surface area (Å²) in [7, 11) is 2.05. The molecule has 6 heteroatoms. The monoisotopic (exact) mass is 414 g/mol. The molecule has 0 spiro atoms. The van der Waals surface area contributed by atoms with Gasteiger partial charge in [-0.3, -0.25) is 0 Å². The zero-order valence-corrected chi connectivity index (χ0v) is 17.7. The number of aliphatic hydroxyl groups is 1. The van der Waals surface area contributed by atoms with E-state index in [4.69, 9.17) is 14.7 Å². The van der Waals surface area contributed by atoms with Crippen molar-refractivity contribution < 1.29 is 9.84 Å². The second kappa shape index (κ2) is 8.13. The van der Waals surface area contributed by atoms with E-state index in [-0.39, 0.29) is 0 Å². The van der Waals surface area contributed by atoms with E-state index < -0.39 is 6.10 Å². The molecule has 2 aromatic heterocycles. The summed E-state index contributed by atoms with van der Waals surface area (Å²) in [5.74, 6) is 1.60. The highest BCUT2D eigenvalue weighted by Gasteiger charge is 2.20. The van der Waals surface area contributed by atoms with E-state index >= 15 is 0 Å². The number of hydrogen-bond donors (Lipinski definition) is 1. The molecule has 5 rings (SSSR count). The van der Waals surface area contributed by atoms with Crippen LogP contribution in [0.3, 0.4) is 0 Å². The number of morpholine rings is 1. The first-order chi connectivity index (χ1) is 15.2. The molecule has 1 fully saturated rings. The third kappa shape index (κ3) is 3.58. The molecule has 1 aliphatic rings. The van der Waals surface area contributed by atoms with Crippen LogP contribution in [0.15, 0.2) is 61.3 Å². The van der Waals surface area contributed by atoms with E-state index in [1.807, 2.05) is 31.3 Å². The molecule has 6 nitrogen and oxygen atoms in total. The van der Waals surface area contributed by atoms with Crippen molar-refractivity contribution in [3.05, 3.63) is 66.9 Å². The number of aliphatic hydroxyl groups excluding tert-OH is 1. The predicted octanol–water partition coefficient (Wildman–Crippen LogP) is 4.23. The molecule has 3 heterocycles. The number of benzene rings is 2. The molecule has 1 aliphatic heterocycles. The average molecular weight is 415 g/mol. The van der Waals surface area contributed by atoms with Crippen molar-refractivity contribution >= 4 is 27.6 Å². The molecule has 1 unspecified atom stereocenters. The molecular formula is C25H26N4O2. The second-order valence-electron chi connectivity index (χ2n) is 7.96. The third-order valence-corrected chi connectivity index (χ3v) is 5.94. The molecule has 31 heavy (non-hydrogen) atoms. The van der Waals surface area contributed by atoms with Gasteiger partial charge in [-0.1, -0.05) is 24.3 Å². The second-order valence-corrected chi connectivity index (χ2v) is 7.96. The fourth-order valence-corrected chi connectivity index (χ4v) is 4.25. The molecule has 1 N–H and O–H groups in total. The Bertz CT molecular complexity index is 1260. The minimum atomic E-state index is -0.586. The third-order valence-electron chi connectivity index (χ3n) is 5.94. The largest absolute Gasteiger partial charge is 0.388 e. The lowest BCUT2D eigenvalue weighted by molar-refractivity contribution is 0.122. The van der Waals surface area contributed by atoms with Gasteiger partial charge in [-0.05, 0) is 36.2 Å². The molecule has 0 amide bonds. The van der Waals surface area contributed by atoms with Gasteiger partial charge < -0.3 is 19.3 Å². The zero-order chi connectivity index (χ0) is 21.4. The van der Waals surface area contributed by atoms with Crippen molar-refractivity contribution in [1.82, 2.24) is 14.5 Å². The van der Waals surface area contributed by atoms with Gasteiger partial charge in [-0.25, -0.2) is 9.97 Å². The van der Waals surface area contributed by atoms with Gasteiger partial charge in [-0.2, -0.15) is 0 Å². The summed E-state index contributed by atoms with van der Waals surface area (Å²) in [6.45, 7) is 6.72. The highest BCUT2D eigenvalue weighted by Crippen LogP contribution is 2.33. The van der Waals surface area contributed by atoms with Gasteiger partial charge in [0.05, 0.1) is 24.8 Å². The Balaban J connectivity index is 1.72. The standard InChI is InChI=1S/C25H26N4O2/c1-3-5-22(30)17-6-4-7-18(16-17)24-26-23-19-10-11-28(2)21(19)9-8-20(23)25(27-24)29-12-14-31-15-13-29/h3-4,6-11,16,22,30H,1,5,12-15H2,2H3. The highest BCUT2D eigenvalue weighted by molar-refractivity contribution is 6.08. The lowest BCUT2D eigenvalue weighted by Crippen LogP contribution is -2.37. The summed E-state index contributed by atoms with van der Waals surface area (Å²) in [6, 6.07) is 14.2. The van der Waals surface area contributed by atoms with Gasteiger partial charge in [0.2, 0.25) is 0 Å². The number of hydrogen-bond acceptors (Lipinski definition) is 5. The van der Waals surface area contributed by atoms with E-state index in [1.165, 1.54) is 0 Å². The van der Waals surface area contributed by atoms with Crippen LogP contribution in [-0.2, 0) is 11.8 Å². The number of rotatable bonds is 5. The van der Waals surface area contributed by atoms with Crippen LogP contribution in [0.25, 0.3) is 33.2 Å².